The molecular formula is C18H21N3O2S. The van der Waals surface area contributed by atoms with Crippen LogP contribution < -0.4 is 10.1 Å². The first-order valence-electron chi connectivity index (χ1n) is 8.42. The summed E-state index contributed by atoms with van der Waals surface area (Å²) in [7, 11) is 0. The number of nitrogens with one attached hydrogen (secondary N) is 1. The van der Waals surface area contributed by atoms with Crippen LogP contribution in [0.1, 0.15) is 48.2 Å². The summed E-state index contributed by atoms with van der Waals surface area (Å²) in [5.41, 5.74) is 1.16. The Morgan fingerprint density at radius 2 is 2.25 bits per heavy atom. The van der Waals surface area contributed by atoms with E-state index >= 15 is 0 Å². The first kappa shape index (κ1) is 15.6. The van der Waals surface area contributed by atoms with E-state index in [1.54, 1.807) is 11.3 Å². The molecule has 2 aromatic rings. The minimum atomic E-state index is -0.0247. The zero-order valence-electron chi connectivity index (χ0n) is 13.9. The van der Waals surface area contributed by atoms with Crippen LogP contribution in [-0.2, 0) is 16.8 Å². The maximum absolute atomic E-state index is 12.6. The highest BCUT2D eigenvalue weighted by Crippen LogP contribution is 2.60. The number of carbonyl (C=O) groups is 1. The highest BCUT2D eigenvalue weighted by Gasteiger charge is 2.60. The second-order valence-corrected chi connectivity index (χ2v) is 8.01. The number of rotatable bonds is 4. The van der Waals surface area contributed by atoms with E-state index in [1.165, 1.54) is 5.56 Å². The molecule has 1 aromatic carbocycles. The molecule has 1 aromatic heterocycles. The number of hydrogen-bond donors (Lipinski definition) is 1. The summed E-state index contributed by atoms with van der Waals surface area (Å²) in [4.78, 5) is 12.6. The molecule has 0 radical (unpaired) electrons. The molecule has 4 rings (SSSR count). The monoisotopic (exact) mass is 343 g/mol. The van der Waals surface area contributed by atoms with E-state index in [2.05, 4.69) is 35.4 Å². The lowest BCUT2D eigenvalue weighted by atomic mass is 9.87. The minimum absolute atomic E-state index is 0.0247. The number of para-hydroxylation sites is 1. The number of fused-ring (bicyclic) bond motifs is 2. The molecule has 126 valence electrons. The van der Waals surface area contributed by atoms with E-state index in [4.69, 9.17) is 4.74 Å². The lowest BCUT2D eigenvalue weighted by Crippen LogP contribution is -2.30. The van der Waals surface area contributed by atoms with Gasteiger partial charge < -0.3 is 10.1 Å². The molecule has 2 atom stereocenters. The van der Waals surface area contributed by atoms with Gasteiger partial charge in [0.2, 0.25) is 5.91 Å². The third kappa shape index (κ3) is 2.59. The molecule has 1 aliphatic carbocycles. The van der Waals surface area contributed by atoms with Crippen molar-refractivity contribution in [2.24, 2.45) is 5.92 Å². The SMILES string of the molecule is CC(C)c1nnc(CNC(=O)C2CC23CCOc2ccccc23)s1. The van der Waals surface area contributed by atoms with Crippen molar-refractivity contribution in [2.45, 2.75) is 44.6 Å². The fraction of sp³-hybridized carbons (Fsp3) is 0.500. The Kier molecular flexibility index (Phi) is 3.79. The maximum Gasteiger partial charge on any atom is 0.224 e. The summed E-state index contributed by atoms with van der Waals surface area (Å²) < 4.78 is 5.73. The largest absolute Gasteiger partial charge is 0.493 e. The Hall–Kier alpha value is -1.95. The summed E-state index contributed by atoms with van der Waals surface area (Å²) in [6, 6.07) is 8.11. The van der Waals surface area contributed by atoms with Gasteiger partial charge in [0.1, 0.15) is 15.8 Å². The number of hydrogen-bond acceptors (Lipinski definition) is 5. The molecule has 1 aliphatic heterocycles. The number of carbonyl (C=O) groups excluding carboxylic acids is 1. The molecule has 2 heterocycles. The number of amides is 1. The van der Waals surface area contributed by atoms with Gasteiger partial charge in [-0.25, -0.2) is 0 Å². The zero-order valence-corrected chi connectivity index (χ0v) is 14.7. The van der Waals surface area contributed by atoms with Crippen molar-refractivity contribution in [1.29, 1.82) is 0 Å². The average Bonchev–Trinajstić information content (AvgIpc) is 3.09. The molecule has 0 bridgehead atoms. The van der Waals surface area contributed by atoms with Gasteiger partial charge in [0, 0.05) is 22.8 Å². The molecular weight excluding hydrogens is 322 g/mol. The van der Waals surface area contributed by atoms with Crippen LogP contribution in [-0.4, -0.2) is 22.7 Å². The van der Waals surface area contributed by atoms with Crippen LogP contribution in [0.25, 0.3) is 0 Å². The van der Waals surface area contributed by atoms with Crippen molar-refractivity contribution >= 4 is 17.2 Å². The number of ether oxygens (including phenoxy) is 1. The van der Waals surface area contributed by atoms with Gasteiger partial charge >= 0.3 is 0 Å². The second kappa shape index (κ2) is 5.84. The van der Waals surface area contributed by atoms with Crippen LogP contribution in [0, 0.1) is 5.92 Å². The van der Waals surface area contributed by atoms with Crippen molar-refractivity contribution in [3.05, 3.63) is 39.8 Å². The van der Waals surface area contributed by atoms with E-state index in [0.29, 0.717) is 19.1 Å². The van der Waals surface area contributed by atoms with E-state index in [-0.39, 0.29) is 17.2 Å². The third-order valence-corrected chi connectivity index (χ3v) is 6.24. The Morgan fingerprint density at radius 3 is 3.04 bits per heavy atom. The Balaban J connectivity index is 1.42. The van der Waals surface area contributed by atoms with Gasteiger partial charge in [0.15, 0.2) is 0 Å². The van der Waals surface area contributed by atoms with Crippen LogP contribution in [0.2, 0.25) is 0 Å². The van der Waals surface area contributed by atoms with Crippen LogP contribution in [0.5, 0.6) is 5.75 Å². The molecule has 1 N–H and O–H groups in total. The van der Waals surface area contributed by atoms with Crippen molar-refractivity contribution in [2.75, 3.05) is 6.61 Å². The topological polar surface area (TPSA) is 64.1 Å². The van der Waals surface area contributed by atoms with E-state index in [0.717, 1.165) is 28.6 Å². The normalized spacial score (nSPS) is 24.5. The summed E-state index contributed by atoms with van der Waals surface area (Å²) in [6.45, 7) is 5.35. The summed E-state index contributed by atoms with van der Waals surface area (Å²) in [5.74, 6) is 1.47. The highest BCUT2D eigenvalue weighted by molar-refractivity contribution is 7.11. The maximum atomic E-state index is 12.6. The van der Waals surface area contributed by atoms with Crippen LogP contribution in [0.3, 0.4) is 0 Å². The van der Waals surface area contributed by atoms with Crippen molar-refractivity contribution in [3.8, 4) is 5.75 Å². The summed E-state index contributed by atoms with van der Waals surface area (Å²) in [6.07, 6.45) is 1.82. The number of nitrogens with zero attached hydrogens (tertiary/aromatic N) is 2. The molecule has 1 amide bonds. The van der Waals surface area contributed by atoms with Crippen molar-refractivity contribution < 1.29 is 9.53 Å². The van der Waals surface area contributed by atoms with Gasteiger partial charge in [0.25, 0.3) is 0 Å². The Bertz CT molecular complexity index is 773. The summed E-state index contributed by atoms with van der Waals surface area (Å²) >= 11 is 1.57. The van der Waals surface area contributed by atoms with Gasteiger partial charge in [0.05, 0.1) is 13.2 Å². The van der Waals surface area contributed by atoms with E-state index in [1.807, 2.05) is 18.2 Å². The average molecular weight is 343 g/mol. The van der Waals surface area contributed by atoms with Gasteiger partial charge in [-0.15, -0.1) is 10.2 Å². The predicted molar refractivity (Wildman–Crippen MR) is 92.2 cm³/mol. The fourth-order valence-electron chi connectivity index (χ4n) is 3.56. The molecule has 2 unspecified atom stereocenters. The van der Waals surface area contributed by atoms with Crippen LogP contribution >= 0.6 is 11.3 Å². The zero-order chi connectivity index (χ0) is 16.7. The molecule has 1 fully saturated rings. The second-order valence-electron chi connectivity index (χ2n) is 6.91. The molecule has 24 heavy (non-hydrogen) atoms. The quantitative estimate of drug-likeness (QED) is 0.927. The Labute approximate surface area is 145 Å². The number of benzene rings is 1. The van der Waals surface area contributed by atoms with E-state index < -0.39 is 0 Å². The van der Waals surface area contributed by atoms with E-state index in [9.17, 15) is 4.79 Å². The molecule has 0 saturated heterocycles. The first-order valence-corrected chi connectivity index (χ1v) is 9.24. The van der Waals surface area contributed by atoms with Gasteiger partial charge in [-0.2, -0.15) is 0 Å². The molecule has 1 spiro atoms. The molecule has 1 saturated carbocycles. The van der Waals surface area contributed by atoms with Gasteiger partial charge in [-0.3, -0.25) is 4.79 Å². The lowest BCUT2D eigenvalue weighted by Gasteiger charge is -2.26. The molecule has 2 aliphatic rings. The first-order chi connectivity index (χ1) is 11.6. The Morgan fingerprint density at radius 1 is 1.42 bits per heavy atom. The highest BCUT2D eigenvalue weighted by atomic mass is 32.1. The minimum Gasteiger partial charge on any atom is -0.493 e. The van der Waals surface area contributed by atoms with Gasteiger partial charge in [-0.05, 0) is 18.9 Å². The predicted octanol–water partition coefficient (Wildman–Crippen LogP) is 3.02. The van der Waals surface area contributed by atoms with Crippen LogP contribution in [0.4, 0.5) is 0 Å². The van der Waals surface area contributed by atoms with Crippen LogP contribution in [0.15, 0.2) is 24.3 Å². The third-order valence-electron chi connectivity index (χ3n) is 5.01. The number of aromatic nitrogens is 2. The lowest BCUT2D eigenvalue weighted by molar-refractivity contribution is -0.123. The molecule has 6 heteroatoms. The van der Waals surface area contributed by atoms with Crippen molar-refractivity contribution in [3.63, 3.8) is 0 Å². The van der Waals surface area contributed by atoms with Gasteiger partial charge in [-0.1, -0.05) is 43.4 Å². The smallest absolute Gasteiger partial charge is 0.224 e. The van der Waals surface area contributed by atoms with Crippen molar-refractivity contribution in [1.82, 2.24) is 15.5 Å². The standard InChI is InChI=1S/C18H21N3O2S/c1-11(2)17-21-20-15(24-17)10-19-16(22)13-9-18(13)7-8-23-14-6-4-3-5-12(14)18/h3-6,11,13H,7-10H2,1-2H3,(H,19,22). The fourth-order valence-corrected chi connectivity index (χ4v) is 4.35. The molecule has 5 nitrogen and oxygen atoms in total. The summed E-state index contributed by atoms with van der Waals surface area (Å²) in [5, 5.41) is 13.3.